The maximum Gasteiger partial charge on any atom is 0.416 e. The minimum absolute atomic E-state index is 0.0977. The van der Waals surface area contributed by atoms with Crippen LogP contribution in [0, 0.1) is 0 Å². The number of alkyl halides is 3. The summed E-state index contributed by atoms with van der Waals surface area (Å²) in [6.07, 6.45) is 3.39. The lowest BCUT2D eigenvalue weighted by atomic mass is 10.3. The van der Waals surface area contributed by atoms with Crippen molar-refractivity contribution >= 4 is 47.4 Å². The van der Waals surface area contributed by atoms with Crippen molar-refractivity contribution in [3.8, 4) is 0 Å². The number of anilines is 1. The van der Waals surface area contributed by atoms with E-state index in [9.17, 15) is 18.0 Å². The highest BCUT2D eigenvalue weighted by Crippen LogP contribution is 2.31. The van der Waals surface area contributed by atoms with E-state index in [2.05, 4.69) is 21.8 Å². The van der Waals surface area contributed by atoms with Crippen molar-refractivity contribution in [3.63, 3.8) is 0 Å². The van der Waals surface area contributed by atoms with E-state index < -0.39 is 11.7 Å². The Kier molecular flexibility index (Phi) is 8.88. The standard InChI is InChI=1S/C20H21ClF3N5OS/c1-4-28(16-13-29(27-19(16)21)14(2)6-5-9-25-3)18(30)8-11-31-17-12-15(7-10-26-17)20(22,23)24/h5-7,9-10,12-13H,3-4,8,11H2,1-2H3/b9-5-,14-6+. The lowest BCUT2D eigenvalue weighted by Gasteiger charge is -2.19. The van der Waals surface area contributed by atoms with Gasteiger partial charge < -0.3 is 4.90 Å². The minimum atomic E-state index is -4.44. The van der Waals surface area contributed by atoms with Crippen LogP contribution in [0.4, 0.5) is 18.9 Å². The van der Waals surface area contributed by atoms with E-state index in [1.165, 1.54) is 11.1 Å². The van der Waals surface area contributed by atoms with E-state index in [1.54, 1.807) is 30.0 Å². The highest BCUT2D eigenvalue weighted by Gasteiger charge is 2.30. The van der Waals surface area contributed by atoms with Gasteiger partial charge in [0.25, 0.3) is 0 Å². The van der Waals surface area contributed by atoms with Crippen LogP contribution in [0.15, 0.2) is 52.9 Å². The van der Waals surface area contributed by atoms with Gasteiger partial charge in [-0.1, -0.05) is 11.6 Å². The molecule has 0 radical (unpaired) electrons. The van der Waals surface area contributed by atoms with E-state index in [0.29, 0.717) is 12.2 Å². The van der Waals surface area contributed by atoms with E-state index in [4.69, 9.17) is 11.6 Å². The molecule has 11 heteroatoms. The van der Waals surface area contributed by atoms with Crippen LogP contribution in [0.3, 0.4) is 0 Å². The molecule has 0 unspecified atom stereocenters. The number of hydrogen-bond donors (Lipinski definition) is 0. The van der Waals surface area contributed by atoms with E-state index in [-0.39, 0.29) is 28.3 Å². The molecule has 1 amide bonds. The van der Waals surface area contributed by atoms with Crippen LogP contribution in [0.2, 0.25) is 5.15 Å². The molecule has 2 aromatic heterocycles. The molecular formula is C20H21ClF3N5OS. The zero-order valence-electron chi connectivity index (χ0n) is 16.9. The molecule has 166 valence electrons. The number of carbonyl (C=O) groups is 1. The molecule has 2 heterocycles. The third kappa shape index (κ3) is 6.96. The van der Waals surface area contributed by atoms with Crippen molar-refractivity contribution in [2.75, 3.05) is 17.2 Å². The lowest BCUT2D eigenvalue weighted by Crippen LogP contribution is -2.30. The first-order valence-corrected chi connectivity index (χ1v) is 10.5. The maximum absolute atomic E-state index is 12.8. The number of pyridine rings is 1. The van der Waals surface area contributed by atoms with Crippen molar-refractivity contribution in [1.82, 2.24) is 14.8 Å². The Morgan fingerprint density at radius 2 is 2.19 bits per heavy atom. The number of aliphatic imine (C=N–C) groups is 1. The first-order valence-electron chi connectivity index (χ1n) is 9.18. The summed E-state index contributed by atoms with van der Waals surface area (Å²) < 4.78 is 40.0. The second kappa shape index (κ2) is 11.1. The predicted octanol–water partition coefficient (Wildman–Crippen LogP) is 5.56. The quantitative estimate of drug-likeness (QED) is 0.273. The summed E-state index contributed by atoms with van der Waals surface area (Å²) in [5.41, 5.74) is 0.436. The first kappa shape index (κ1) is 24.7. The van der Waals surface area contributed by atoms with Gasteiger partial charge in [0.1, 0.15) is 5.69 Å². The fraction of sp³-hybridized carbons (Fsp3) is 0.300. The lowest BCUT2D eigenvalue weighted by molar-refractivity contribution is -0.137. The van der Waals surface area contributed by atoms with Gasteiger partial charge in [-0.25, -0.2) is 9.67 Å². The van der Waals surface area contributed by atoms with Crippen molar-refractivity contribution in [2.24, 2.45) is 4.99 Å². The van der Waals surface area contributed by atoms with Gasteiger partial charge in [0.2, 0.25) is 5.91 Å². The monoisotopic (exact) mass is 471 g/mol. The number of allylic oxidation sites excluding steroid dienone is 3. The number of nitrogens with zero attached hydrogens (tertiary/aromatic N) is 5. The molecule has 0 spiro atoms. The Hall–Kier alpha value is -2.59. The summed E-state index contributed by atoms with van der Waals surface area (Å²) in [4.78, 5) is 21.7. The molecule has 0 saturated heterocycles. The zero-order valence-corrected chi connectivity index (χ0v) is 18.5. The summed E-state index contributed by atoms with van der Waals surface area (Å²) in [6.45, 7) is 7.33. The minimum Gasteiger partial charge on any atom is -0.308 e. The molecule has 2 aromatic rings. The van der Waals surface area contributed by atoms with Crippen molar-refractivity contribution in [3.05, 3.63) is 53.6 Å². The average molecular weight is 472 g/mol. The molecule has 0 atom stereocenters. The third-order valence-corrected chi connectivity index (χ3v) is 5.27. The summed E-state index contributed by atoms with van der Waals surface area (Å²) in [5, 5.41) is 4.59. The summed E-state index contributed by atoms with van der Waals surface area (Å²) in [5.74, 6) is 0.0500. The maximum atomic E-state index is 12.8. The van der Waals surface area contributed by atoms with Crippen molar-refractivity contribution in [1.29, 1.82) is 0 Å². The second-order valence-electron chi connectivity index (χ2n) is 6.20. The molecule has 31 heavy (non-hydrogen) atoms. The molecule has 0 aliphatic rings. The number of thioether (sulfide) groups is 1. The molecule has 0 saturated carbocycles. The first-order chi connectivity index (χ1) is 14.7. The molecule has 2 rings (SSSR count). The summed E-state index contributed by atoms with van der Waals surface area (Å²) in [7, 11) is 0. The van der Waals surface area contributed by atoms with Crippen LogP contribution in [0.1, 0.15) is 25.8 Å². The Labute approximate surface area is 187 Å². The van der Waals surface area contributed by atoms with E-state index >= 15 is 0 Å². The Bertz CT molecular complexity index is 987. The predicted molar refractivity (Wildman–Crippen MR) is 118 cm³/mol. The topological polar surface area (TPSA) is 63.4 Å². The molecule has 0 aromatic carbocycles. The Morgan fingerprint density at radius 1 is 1.45 bits per heavy atom. The fourth-order valence-corrected chi connectivity index (χ4v) is 3.61. The Balaban J connectivity index is 2.05. The fourth-order valence-electron chi connectivity index (χ4n) is 2.55. The SMILES string of the molecule is C=N/C=C\C=C(/C)n1cc(N(CC)C(=O)CCSc2cc(C(F)(F)F)ccn2)c(Cl)n1. The van der Waals surface area contributed by atoms with Gasteiger partial charge in [0.05, 0.1) is 16.8 Å². The number of carbonyl (C=O) groups excluding carboxylic acids is 1. The molecule has 0 aliphatic heterocycles. The normalized spacial score (nSPS) is 12.4. The Morgan fingerprint density at radius 3 is 2.84 bits per heavy atom. The molecular weight excluding hydrogens is 451 g/mol. The van der Waals surface area contributed by atoms with E-state index in [0.717, 1.165) is 35.8 Å². The smallest absolute Gasteiger partial charge is 0.308 e. The number of hydrogen-bond acceptors (Lipinski definition) is 5. The van der Waals surface area contributed by atoms with Crippen LogP contribution in [-0.2, 0) is 11.0 Å². The van der Waals surface area contributed by atoms with Gasteiger partial charge in [0.15, 0.2) is 5.15 Å². The van der Waals surface area contributed by atoms with Crippen LogP contribution >= 0.6 is 23.4 Å². The van der Waals surface area contributed by atoms with Crippen molar-refractivity contribution in [2.45, 2.75) is 31.5 Å². The van der Waals surface area contributed by atoms with Gasteiger partial charge >= 0.3 is 6.18 Å². The van der Waals surface area contributed by atoms with Crippen molar-refractivity contribution < 1.29 is 18.0 Å². The van der Waals surface area contributed by atoms with Crippen LogP contribution in [0.5, 0.6) is 0 Å². The average Bonchev–Trinajstić information content (AvgIpc) is 3.10. The molecule has 0 aliphatic carbocycles. The third-order valence-electron chi connectivity index (χ3n) is 4.08. The summed E-state index contributed by atoms with van der Waals surface area (Å²) >= 11 is 7.32. The number of aromatic nitrogens is 3. The van der Waals surface area contributed by atoms with Gasteiger partial charge in [-0.05, 0) is 44.8 Å². The highest BCUT2D eigenvalue weighted by molar-refractivity contribution is 7.99. The van der Waals surface area contributed by atoms with E-state index in [1.807, 2.05) is 6.92 Å². The van der Waals surface area contributed by atoms with Gasteiger partial charge in [0, 0.05) is 36.8 Å². The van der Waals surface area contributed by atoms with Gasteiger partial charge in [-0.2, -0.15) is 18.3 Å². The van der Waals surface area contributed by atoms with Crippen LogP contribution in [-0.4, -0.2) is 39.7 Å². The molecule has 0 bridgehead atoms. The molecule has 6 nitrogen and oxygen atoms in total. The number of halogens is 4. The zero-order chi connectivity index (χ0) is 23.0. The van der Waals surface area contributed by atoms with Gasteiger partial charge in [-0.3, -0.25) is 9.79 Å². The summed E-state index contributed by atoms with van der Waals surface area (Å²) in [6, 6.07) is 1.88. The number of amides is 1. The largest absolute Gasteiger partial charge is 0.416 e. The van der Waals surface area contributed by atoms with Gasteiger partial charge in [-0.15, -0.1) is 11.8 Å². The molecule has 0 fully saturated rings. The second-order valence-corrected chi connectivity index (χ2v) is 7.67. The molecule has 0 N–H and O–H groups in total. The highest BCUT2D eigenvalue weighted by atomic mass is 35.5. The number of rotatable bonds is 9. The van der Waals surface area contributed by atoms with Crippen LogP contribution in [0.25, 0.3) is 5.70 Å². The van der Waals surface area contributed by atoms with Crippen LogP contribution < -0.4 is 4.90 Å².